The van der Waals surface area contributed by atoms with Crippen molar-refractivity contribution in [2.24, 2.45) is 0 Å². The molecule has 0 spiro atoms. The first-order valence-electron chi connectivity index (χ1n) is 9.06. The Morgan fingerprint density at radius 3 is 1.70 bits per heavy atom. The van der Waals surface area contributed by atoms with Crippen molar-refractivity contribution >= 4 is 16.1 Å². The molecule has 0 aromatic carbocycles. The van der Waals surface area contributed by atoms with Crippen LogP contribution >= 0.6 is 0 Å². The summed E-state index contributed by atoms with van der Waals surface area (Å²) in [6.07, 6.45) is 15.1. The Hall–Kier alpha value is -0.620. The highest BCUT2D eigenvalue weighted by atomic mass is 32.2. The summed E-state index contributed by atoms with van der Waals surface area (Å²) in [4.78, 5) is 11.3. The van der Waals surface area contributed by atoms with Crippen LogP contribution in [-0.2, 0) is 19.6 Å². The molecule has 0 aromatic rings. The summed E-state index contributed by atoms with van der Waals surface area (Å²) in [5.41, 5.74) is 0. The van der Waals surface area contributed by atoms with Crippen molar-refractivity contribution in [3.05, 3.63) is 0 Å². The summed E-state index contributed by atoms with van der Waals surface area (Å²) < 4.78 is 34.1. The first-order chi connectivity index (χ1) is 11.0. The van der Waals surface area contributed by atoms with E-state index in [-0.39, 0.29) is 12.6 Å². The summed E-state index contributed by atoms with van der Waals surface area (Å²) in [6, 6.07) is 0. The molecule has 0 aliphatic carbocycles. The summed E-state index contributed by atoms with van der Waals surface area (Å²) in [7, 11) is -4.04. The number of ether oxygens (including phenoxy) is 1. The van der Waals surface area contributed by atoms with Gasteiger partial charge in [-0.1, -0.05) is 77.6 Å². The molecule has 23 heavy (non-hydrogen) atoms. The van der Waals surface area contributed by atoms with E-state index in [0.717, 1.165) is 19.3 Å². The summed E-state index contributed by atoms with van der Waals surface area (Å²) in [5.74, 6) is -0.919. The largest absolute Gasteiger partial charge is 0.464 e. The number of esters is 1. The second-order valence-corrected chi connectivity index (χ2v) is 7.72. The van der Waals surface area contributed by atoms with E-state index in [1.54, 1.807) is 0 Å². The molecule has 0 heterocycles. The minimum absolute atomic E-state index is 0.268. The van der Waals surface area contributed by atoms with E-state index in [9.17, 15) is 13.2 Å². The van der Waals surface area contributed by atoms with Crippen molar-refractivity contribution in [1.82, 2.24) is 0 Å². The molecule has 6 heteroatoms. The second-order valence-electron chi connectivity index (χ2n) is 6.15. The molecular weight excluding hydrogens is 316 g/mol. The number of rotatable bonds is 16. The third-order valence-electron chi connectivity index (χ3n) is 3.84. The van der Waals surface area contributed by atoms with Gasteiger partial charge in [-0.2, -0.15) is 8.42 Å². The van der Waals surface area contributed by atoms with Crippen molar-refractivity contribution in [1.29, 1.82) is 0 Å². The fourth-order valence-electron chi connectivity index (χ4n) is 2.44. The molecule has 0 atom stereocenters. The Morgan fingerprint density at radius 2 is 1.26 bits per heavy atom. The maximum absolute atomic E-state index is 11.3. The molecular formula is C17H34O5S. The van der Waals surface area contributed by atoms with Crippen LogP contribution in [0.4, 0.5) is 0 Å². The smallest absolute Gasteiger partial charge is 0.305 e. The molecule has 0 aliphatic rings. The monoisotopic (exact) mass is 350 g/mol. The van der Waals surface area contributed by atoms with Gasteiger partial charge >= 0.3 is 5.97 Å². The number of hydrogen-bond donors (Lipinski definition) is 1. The van der Waals surface area contributed by atoms with E-state index < -0.39 is 15.9 Å². The van der Waals surface area contributed by atoms with Crippen molar-refractivity contribution in [2.75, 3.05) is 12.4 Å². The van der Waals surface area contributed by atoms with Gasteiger partial charge in [0.1, 0.15) is 12.4 Å². The number of carbonyl (C=O) groups excluding carboxylic acids is 1. The molecule has 0 rings (SSSR count). The van der Waals surface area contributed by atoms with E-state index in [2.05, 4.69) is 6.92 Å². The Labute approximate surface area is 141 Å². The van der Waals surface area contributed by atoms with Crippen molar-refractivity contribution in [2.45, 2.75) is 90.4 Å². The normalized spacial score (nSPS) is 11.6. The average Bonchev–Trinajstić information content (AvgIpc) is 2.47. The van der Waals surface area contributed by atoms with Crippen LogP contribution < -0.4 is 0 Å². The Bertz CT molecular complexity index is 378. The Kier molecular flexibility index (Phi) is 14.5. The van der Waals surface area contributed by atoms with Gasteiger partial charge in [-0.3, -0.25) is 9.35 Å². The SMILES string of the molecule is CCCCCCCCCCCCCCC(=O)OCCS(=O)(=O)O. The fourth-order valence-corrected chi connectivity index (χ4v) is 2.74. The summed E-state index contributed by atoms with van der Waals surface area (Å²) in [5, 5.41) is 0. The van der Waals surface area contributed by atoms with Crippen molar-refractivity contribution in [3.8, 4) is 0 Å². The lowest BCUT2D eigenvalue weighted by atomic mass is 10.0. The second kappa shape index (κ2) is 14.9. The lowest BCUT2D eigenvalue weighted by Crippen LogP contribution is -2.14. The van der Waals surface area contributed by atoms with Crippen LogP contribution in [-0.4, -0.2) is 31.3 Å². The highest BCUT2D eigenvalue weighted by Gasteiger charge is 2.07. The van der Waals surface area contributed by atoms with Crippen LogP contribution in [0.15, 0.2) is 0 Å². The lowest BCUT2D eigenvalue weighted by Gasteiger charge is -2.04. The van der Waals surface area contributed by atoms with E-state index >= 15 is 0 Å². The zero-order chi connectivity index (χ0) is 17.4. The highest BCUT2D eigenvalue weighted by molar-refractivity contribution is 7.85. The molecule has 0 aromatic heterocycles. The zero-order valence-corrected chi connectivity index (χ0v) is 15.4. The maximum Gasteiger partial charge on any atom is 0.305 e. The standard InChI is InChI=1S/C17H34O5S/c1-2-3-4-5-6-7-8-9-10-11-12-13-14-17(18)22-15-16-23(19,20)21/h2-16H2,1H3,(H,19,20,21). The number of unbranched alkanes of at least 4 members (excludes halogenated alkanes) is 11. The fraction of sp³-hybridized carbons (Fsp3) is 0.941. The molecule has 0 unspecified atom stereocenters. The zero-order valence-electron chi connectivity index (χ0n) is 14.6. The molecule has 0 aliphatic heterocycles. The molecule has 0 radical (unpaired) electrons. The van der Waals surface area contributed by atoms with Gasteiger partial charge in [0.2, 0.25) is 0 Å². The van der Waals surface area contributed by atoms with Gasteiger partial charge in [-0.05, 0) is 6.42 Å². The lowest BCUT2D eigenvalue weighted by molar-refractivity contribution is -0.143. The van der Waals surface area contributed by atoms with Crippen LogP contribution in [0.25, 0.3) is 0 Å². The van der Waals surface area contributed by atoms with Gasteiger partial charge in [-0.15, -0.1) is 0 Å². The van der Waals surface area contributed by atoms with Gasteiger partial charge in [0.15, 0.2) is 0 Å². The molecule has 0 fully saturated rings. The van der Waals surface area contributed by atoms with Crippen LogP contribution in [0.2, 0.25) is 0 Å². The maximum atomic E-state index is 11.3. The molecule has 5 nitrogen and oxygen atoms in total. The van der Waals surface area contributed by atoms with Crippen LogP contribution in [0.1, 0.15) is 90.4 Å². The number of carbonyl (C=O) groups is 1. The van der Waals surface area contributed by atoms with E-state index in [4.69, 9.17) is 9.29 Å². The summed E-state index contributed by atoms with van der Waals surface area (Å²) in [6.45, 7) is 1.97. The topological polar surface area (TPSA) is 80.7 Å². The Morgan fingerprint density at radius 1 is 0.826 bits per heavy atom. The highest BCUT2D eigenvalue weighted by Crippen LogP contribution is 2.12. The molecule has 0 saturated carbocycles. The van der Waals surface area contributed by atoms with Crippen molar-refractivity contribution in [3.63, 3.8) is 0 Å². The summed E-state index contributed by atoms with van der Waals surface area (Å²) >= 11 is 0. The van der Waals surface area contributed by atoms with Gasteiger partial charge in [-0.25, -0.2) is 0 Å². The third kappa shape index (κ3) is 19.3. The minimum atomic E-state index is -4.04. The van der Waals surface area contributed by atoms with Gasteiger partial charge in [0.05, 0.1) is 0 Å². The average molecular weight is 351 g/mol. The quantitative estimate of drug-likeness (QED) is 0.252. The first-order valence-corrected chi connectivity index (χ1v) is 10.7. The van der Waals surface area contributed by atoms with Crippen LogP contribution in [0.5, 0.6) is 0 Å². The first kappa shape index (κ1) is 22.4. The molecule has 0 amide bonds. The third-order valence-corrected chi connectivity index (χ3v) is 4.52. The van der Waals surface area contributed by atoms with Gasteiger partial charge in [0, 0.05) is 6.42 Å². The van der Waals surface area contributed by atoms with Crippen molar-refractivity contribution < 1.29 is 22.5 Å². The van der Waals surface area contributed by atoms with E-state index in [0.29, 0.717) is 6.42 Å². The van der Waals surface area contributed by atoms with Gasteiger partial charge < -0.3 is 4.74 Å². The van der Waals surface area contributed by atoms with E-state index in [1.165, 1.54) is 57.8 Å². The van der Waals surface area contributed by atoms with E-state index in [1.807, 2.05) is 0 Å². The van der Waals surface area contributed by atoms with Crippen LogP contribution in [0.3, 0.4) is 0 Å². The molecule has 0 bridgehead atoms. The molecule has 1 N–H and O–H groups in total. The van der Waals surface area contributed by atoms with Crippen LogP contribution in [0, 0.1) is 0 Å². The predicted molar refractivity (Wildman–Crippen MR) is 93.1 cm³/mol. The number of hydrogen-bond acceptors (Lipinski definition) is 4. The van der Waals surface area contributed by atoms with Gasteiger partial charge in [0.25, 0.3) is 10.1 Å². The molecule has 0 saturated heterocycles. The Balaban J connectivity index is 3.22. The molecule has 138 valence electrons. The minimum Gasteiger partial charge on any atom is -0.464 e. The predicted octanol–water partition coefficient (Wildman–Crippen LogP) is 4.51.